The van der Waals surface area contributed by atoms with E-state index in [1.807, 2.05) is 18.2 Å². The molecule has 1 aromatic heterocycles. The summed E-state index contributed by atoms with van der Waals surface area (Å²) in [7, 11) is 0. The van der Waals surface area contributed by atoms with Gasteiger partial charge in [0.25, 0.3) is 0 Å². The third-order valence-electron chi connectivity index (χ3n) is 4.13. The number of hydrogen-bond acceptors (Lipinski definition) is 0. The molecule has 3 aromatic carbocycles. The first-order valence-corrected chi connectivity index (χ1v) is 7.38. The first kappa shape index (κ1) is 13.3. The molecule has 0 N–H and O–H groups in total. The molecule has 0 saturated heterocycles. The summed E-state index contributed by atoms with van der Waals surface area (Å²) in [4.78, 5) is 0. The van der Waals surface area contributed by atoms with E-state index < -0.39 is 0 Å². The van der Waals surface area contributed by atoms with Crippen molar-refractivity contribution in [3.63, 3.8) is 0 Å². The molecule has 1 heterocycles. The Kier molecular flexibility index (Phi) is 2.94. The van der Waals surface area contributed by atoms with Crippen molar-refractivity contribution in [1.29, 1.82) is 0 Å². The van der Waals surface area contributed by atoms with E-state index in [1.165, 1.54) is 5.39 Å². The van der Waals surface area contributed by atoms with Gasteiger partial charge in [-0.3, -0.25) is 0 Å². The summed E-state index contributed by atoms with van der Waals surface area (Å²) in [5.74, 6) is 5.37. The maximum atomic E-state index is 5.56. The molecule has 0 bridgehead atoms. The maximum absolute atomic E-state index is 5.56. The average Bonchev–Trinajstić information content (AvgIpc) is 2.95. The normalized spacial score (nSPS) is 10.5. The maximum Gasteiger partial charge on any atom is 0.0541 e. The molecule has 0 radical (unpaired) electrons. The fourth-order valence-corrected chi connectivity index (χ4v) is 3.05. The highest BCUT2D eigenvalue weighted by Crippen LogP contribution is 2.32. The molecule has 0 unspecified atom stereocenters. The Hall–Kier alpha value is -3.42. The van der Waals surface area contributed by atoms with Gasteiger partial charge in [0.1, 0.15) is 0 Å². The van der Waals surface area contributed by atoms with Crippen LogP contribution >= 0.6 is 0 Å². The van der Waals surface area contributed by atoms with Crippen molar-refractivity contribution in [3.8, 4) is 30.4 Å². The van der Waals surface area contributed by atoms with Crippen LogP contribution in [0.4, 0.5) is 0 Å². The molecule has 23 heavy (non-hydrogen) atoms. The van der Waals surface area contributed by atoms with E-state index >= 15 is 0 Å². The molecule has 4 rings (SSSR count). The lowest BCUT2D eigenvalue weighted by molar-refractivity contribution is 1.18. The van der Waals surface area contributed by atoms with Crippen LogP contribution in [0, 0.1) is 24.7 Å². The molecule has 0 fully saturated rings. The van der Waals surface area contributed by atoms with Crippen molar-refractivity contribution < 1.29 is 0 Å². The number of para-hydroxylation sites is 1. The lowest BCUT2D eigenvalue weighted by atomic mass is 10.1. The molecule has 0 atom stereocenters. The number of rotatable bonds is 1. The van der Waals surface area contributed by atoms with Crippen molar-refractivity contribution in [2.45, 2.75) is 0 Å². The Balaban J connectivity index is 2.11. The third kappa shape index (κ3) is 2.00. The third-order valence-corrected chi connectivity index (χ3v) is 4.13. The summed E-state index contributed by atoms with van der Waals surface area (Å²) in [5, 5.41) is 2.36. The van der Waals surface area contributed by atoms with Crippen LogP contribution in [-0.4, -0.2) is 4.57 Å². The second-order valence-corrected chi connectivity index (χ2v) is 5.42. The van der Waals surface area contributed by atoms with E-state index in [-0.39, 0.29) is 0 Å². The largest absolute Gasteiger partial charge is 0.309 e. The predicted molar refractivity (Wildman–Crippen MR) is 96.7 cm³/mol. The van der Waals surface area contributed by atoms with Gasteiger partial charge in [-0.2, -0.15) is 0 Å². The van der Waals surface area contributed by atoms with Crippen LogP contribution in [0.25, 0.3) is 27.5 Å². The zero-order valence-corrected chi connectivity index (χ0v) is 12.5. The van der Waals surface area contributed by atoms with Crippen LogP contribution < -0.4 is 0 Å². The highest BCUT2D eigenvalue weighted by Gasteiger charge is 2.11. The summed E-state index contributed by atoms with van der Waals surface area (Å²) in [5.41, 5.74) is 5.15. The van der Waals surface area contributed by atoms with Gasteiger partial charge in [-0.1, -0.05) is 30.0 Å². The Morgan fingerprint density at radius 3 is 2.04 bits per heavy atom. The summed E-state index contributed by atoms with van der Waals surface area (Å²) in [6, 6.07) is 22.5. The Bertz CT molecular complexity index is 1110. The van der Waals surface area contributed by atoms with Gasteiger partial charge in [0.2, 0.25) is 0 Å². The zero-order valence-electron chi connectivity index (χ0n) is 12.5. The second-order valence-electron chi connectivity index (χ2n) is 5.42. The first-order valence-electron chi connectivity index (χ1n) is 7.38. The van der Waals surface area contributed by atoms with E-state index in [9.17, 15) is 0 Å². The minimum Gasteiger partial charge on any atom is -0.309 e. The number of benzene rings is 3. The molecule has 0 amide bonds. The summed E-state index contributed by atoms with van der Waals surface area (Å²) >= 11 is 0. The van der Waals surface area contributed by atoms with Crippen LogP contribution in [-0.2, 0) is 0 Å². The van der Waals surface area contributed by atoms with Crippen molar-refractivity contribution in [3.05, 3.63) is 77.9 Å². The average molecular weight is 291 g/mol. The minimum absolute atomic E-state index is 0.879. The number of fused-ring (bicyclic) bond motifs is 3. The van der Waals surface area contributed by atoms with Gasteiger partial charge in [-0.25, -0.2) is 0 Å². The topological polar surface area (TPSA) is 4.93 Å². The van der Waals surface area contributed by atoms with Crippen LogP contribution in [0.5, 0.6) is 0 Å². The monoisotopic (exact) mass is 291 g/mol. The van der Waals surface area contributed by atoms with E-state index in [0.717, 1.165) is 33.2 Å². The quantitative estimate of drug-likeness (QED) is 0.446. The fraction of sp³-hybridized carbons (Fsp3) is 0. The molecular weight excluding hydrogens is 278 g/mol. The summed E-state index contributed by atoms with van der Waals surface area (Å²) in [6.45, 7) is 0. The van der Waals surface area contributed by atoms with Gasteiger partial charge < -0.3 is 4.57 Å². The molecule has 0 aliphatic carbocycles. The number of nitrogens with zero attached hydrogens (tertiary/aromatic N) is 1. The summed E-state index contributed by atoms with van der Waals surface area (Å²) in [6.07, 6.45) is 11.0. The van der Waals surface area contributed by atoms with E-state index in [4.69, 9.17) is 12.8 Å². The van der Waals surface area contributed by atoms with Gasteiger partial charge in [-0.05, 0) is 48.5 Å². The van der Waals surface area contributed by atoms with Crippen molar-refractivity contribution in [2.24, 2.45) is 0 Å². The smallest absolute Gasteiger partial charge is 0.0541 e. The van der Waals surface area contributed by atoms with Gasteiger partial charge in [0, 0.05) is 27.6 Å². The van der Waals surface area contributed by atoms with Crippen LogP contribution in [0.15, 0.2) is 66.7 Å². The van der Waals surface area contributed by atoms with Crippen LogP contribution in [0.2, 0.25) is 0 Å². The predicted octanol–water partition coefficient (Wildman–Crippen LogP) is 4.75. The molecule has 0 aliphatic rings. The lowest BCUT2D eigenvalue weighted by Crippen LogP contribution is -1.93. The SMILES string of the molecule is C#Cc1ccc(-n2c3ccccc3c3cc(C#C)ccc32)cc1. The van der Waals surface area contributed by atoms with Gasteiger partial charge >= 0.3 is 0 Å². The van der Waals surface area contributed by atoms with E-state index in [0.29, 0.717) is 0 Å². The molecule has 106 valence electrons. The number of aromatic nitrogens is 1. The molecule has 1 heteroatoms. The van der Waals surface area contributed by atoms with Gasteiger partial charge in [0.05, 0.1) is 11.0 Å². The number of terminal acetylenes is 2. The summed E-state index contributed by atoms with van der Waals surface area (Å²) < 4.78 is 2.24. The molecule has 0 saturated carbocycles. The van der Waals surface area contributed by atoms with Crippen molar-refractivity contribution in [1.82, 2.24) is 4.57 Å². The molecular formula is C22H13N. The van der Waals surface area contributed by atoms with Crippen LogP contribution in [0.1, 0.15) is 11.1 Å². The molecule has 1 nitrogen and oxygen atoms in total. The van der Waals surface area contributed by atoms with Gasteiger partial charge in [-0.15, -0.1) is 12.8 Å². The fourth-order valence-electron chi connectivity index (χ4n) is 3.05. The molecule has 0 spiro atoms. The Labute approximate surface area is 135 Å². The minimum atomic E-state index is 0.879. The van der Waals surface area contributed by atoms with E-state index in [2.05, 4.69) is 64.9 Å². The molecule has 0 aliphatic heterocycles. The standard InChI is InChI=1S/C22H13N/c1-3-16-9-12-18(13-10-16)23-21-8-6-5-7-19(21)20-15-17(4-2)11-14-22(20)23/h1-2,5-15H. The van der Waals surface area contributed by atoms with Crippen molar-refractivity contribution in [2.75, 3.05) is 0 Å². The second kappa shape index (κ2) is 5.09. The lowest BCUT2D eigenvalue weighted by Gasteiger charge is -2.08. The highest BCUT2D eigenvalue weighted by molar-refractivity contribution is 6.09. The highest BCUT2D eigenvalue weighted by atomic mass is 15.0. The van der Waals surface area contributed by atoms with Gasteiger partial charge in [0.15, 0.2) is 0 Å². The zero-order chi connectivity index (χ0) is 15.8. The Morgan fingerprint density at radius 1 is 0.652 bits per heavy atom. The van der Waals surface area contributed by atoms with Crippen molar-refractivity contribution >= 4 is 21.8 Å². The Morgan fingerprint density at radius 2 is 1.30 bits per heavy atom. The molecule has 4 aromatic rings. The number of hydrogen-bond donors (Lipinski definition) is 0. The van der Waals surface area contributed by atoms with E-state index in [1.54, 1.807) is 0 Å². The first-order chi connectivity index (χ1) is 11.3. The van der Waals surface area contributed by atoms with Crippen LogP contribution in [0.3, 0.4) is 0 Å².